The second-order valence-corrected chi connectivity index (χ2v) is 10.5. The van der Waals surface area contributed by atoms with E-state index in [1.54, 1.807) is 36.1 Å². The Morgan fingerprint density at radius 2 is 1.91 bits per heavy atom. The monoisotopic (exact) mass is 473 g/mol. The Kier molecular flexibility index (Phi) is 6.71. The zero-order valence-electron chi connectivity index (χ0n) is 18.5. The van der Waals surface area contributed by atoms with Crippen LogP contribution in [0.4, 0.5) is 9.18 Å². The predicted octanol–water partition coefficient (Wildman–Crippen LogP) is 3.83. The van der Waals surface area contributed by atoms with Gasteiger partial charge in [-0.1, -0.05) is 36.9 Å². The molecule has 1 atom stereocenters. The van der Waals surface area contributed by atoms with Crippen molar-refractivity contribution in [3.8, 4) is 5.75 Å². The highest BCUT2D eigenvalue weighted by molar-refractivity contribution is 7.88. The molecule has 1 saturated heterocycles. The van der Waals surface area contributed by atoms with Crippen LogP contribution in [-0.2, 0) is 22.3 Å². The Balaban J connectivity index is 1.35. The van der Waals surface area contributed by atoms with E-state index in [2.05, 4.69) is 16.6 Å². The third-order valence-electron chi connectivity index (χ3n) is 5.69. The van der Waals surface area contributed by atoms with Crippen molar-refractivity contribution in [3.63, 3.8) is 0 Å². The molecule has 0 radical (unpaired) electrons. The van der Waals surface area contributed by atoms with E-state index < -0.39 is 21.9 Å². The second-order valence-electron chi connectivity index (χ2n) is 8.75. The number of sulfonamides is 1. The first-order valence-corrected chi connectivity index (χ1v) is 12.6. The Bertz CT molecular complexity index is 1150. The summed E-state index contributed by atoms with van der Waals surface area (Å²) in [7, 11) is -3.64. The fourth-order valence-electron chi connectivity index (χ4n) is 3.65. The van der Waals surface area contributed by atoms with Gasteiger partial charge in [0, 0.05) is 18.3 Å². The van der Waals surface area contributed by atoms with Crippen LogP contribution in [0.1, 0.15) is 42.5 Å². The Labute approximate surface area is 193 Å². The summed E-state index contributed by atoms with van der Waals surface area (Å²) in [5.41, 5.74) is 2.81. The third kappa shape index (κ3) is 6.33. The van der Waals surface area contributed by atoms with E-state index in [1.807, 2.05) is 12.1 Å². The summed E-state index contributed by atoms with van der Waals surface area (Å²) in [6, 6.07) is 10.8. The highest BCUT2D eigenvalue weighted by Gasteiger charge is 2.24. The standard InChI is InChI=1S/C24H28FN3O4S/c1-16-12-28(24(29)26-16)13-18-3-7-20(8-4-18)15-33(30,31)27-17(2)21-9-10-22(25)23(11-21)32-14-19-5-6-19/h3-4,7-11,17,19,27H,1,5-6,12-15H2,2H3,(H,26,29)/t17-/m1/s1. The summed E-state index contributed by atoms with van der Waals surface area (Å²) >= 11 is 0. The number of hydrogen-bond acceptors (Lipinski definition) is 4. The molecule has 176 valence electrons. The number of ether oxygens (including phenoxy) is 1. The third-order valence-corrected chi connectivity index (χ3v) is 7.11. The van der Waals surface area contributed by atoms with Crippen LogP contribution < -0.4 is 14.8 Å². The molecule has 1 aliphatic heterocycles. The molecule has 0 bridgehead atoms. The minimum absolute atomic E-state index is 0.149. The average molecular weight is 474 g/mol. The van der Waals surface area contributed by atoms with Gasteiger partial charge in [-0.25, -0.2) is 22.3 Å². The molecule has 2 fully saturated rings. The lowest BCUT2D eigenvalue weighted by molar-refractivity contribution is 0.215. The van der Waals surface area contributed by atoms with E-state index in [-0.39, 0.29) is 17.5 Å². The molecule has 0 spiro atoms. The van der Waals surface area contributed by atoms with E-state index >= 15 is 0 Å². The molecule has 0 aromatic heterocycles. The molecule has 7 nitrogen and oxygen atoms in total. The maximum Gasteiger partial charge on any atom is 0.322 e. The normalized spacial score (nSPS) is 17.2. The molecule has 9 heteroatoms. The van der Waals surface area contributed by atoms with Crippen LogP contribution in [0.3, 0.4) is 0 Å². The second kappa shape index (κ2) is 9.52. The number of nitrogens with zero attached hydrogens (tertiary/aromatic N) is 1. The van der Waals surface area contributed by atoms with Crippen LogP contribution in [0.2, 0.25) is 0 Å². The summed E-state index contributed by atoms with van der Waals surface area (Å²) < 4.78 is 47.7. The smallest absolute Gasteiger partial charge is 0.322 e. The minimum atomic E-state index is -3.64. The Morgan fingerprint density at radius 3 is 2.55 bits per heavy atom. The molecule has 1 saturated carbocycles. The van der Waals surface area contributed by atoms with Crippen molar-refractivity contribution in [2.45, 2.75) is 38.1 Å². The average Bonchev–Trinajstić information content (AvgIpc) is 3.52. The van der Waals surface area contributed by atoms with Gasteiger partial charge in [0.25, 0.3) is 0 Å². The largest absolute Gasteiger partial charge is 0.490 e. The molecule has 1 heterocycles. The van der Waals surface area contributed by atoms with Crippen LogP contribution in [-0.4, -0.2) is 32.5 Å². The van der Waals surface area contributed by atoms with Gasteiger partial charge in [0.15, 0.2) is 11.6 Å². The Morgan fingerprint density at radius 1 is 1.21 bits per heavy atom. The first-order valence-electron chi connectivity index (χ1n) is 10.9. The zero-order chi connectivity index (χ0) is 23.6. The van der Waals surface area contributed by atoms with Gasteiger partial charge in [0.1, 0.15) is 0 Å². The van der Waals surface area contributed by atoms with Crippen LogP contribution in [0.25, 0.3) is 0 Å². The van der Waals surface area contributed by atoms with Gasteiger partial charge in [0.05, 0.1) is 18.9 Å². The summed E-state index contributed by atoms with van der Waals surface area (Å²) in [4.78, 5) is 13.4. The van der Waals surface area contributed by atoms with Gasteiger partial charge in [0.2, 0.25) is 10.0 Å². The minimum Gasteiger partial charge on any atom is -0.490 e. The number of halogens is 1. The molecule has 0 unspecified atom stereocenters. The van der Waals surface area contributed by atoms with Gasteiger partial charge in [-0.05, 0) is 54.5 Å². The highest BCUT2D eigenvalue weighted by atomic mass is 32.2. The number of carbonyl (C=O) groups excluding carboxylic acids is 1. The van der Waals surface area contributed by atoms with Crippen molar-refractivity contribution in [1.82, 2.24) is 14.9 Å². The first kappa shape index (κ1) is 23.3. The zero-order valence-corrected chi connectivity index (χ0v) is 19.3. The van der Waals surface area contributed by atoms with E-state index in [0.29, 0.717) is 42.4 Å². The fourth-order valence-corrected chi connectivity index (χ4v) is 5.04. The predicted molar refractivity (Wildman–Crippen MR) is 123 cm³/mol. The van der Waals surface area contributed by atoms with E-state index in [1.165, 1.54) is 6.07 Å². The molecular formula is C24H28FN3O4S. The molecule has 2 aromatic carbocycles. The van der Waals surface area contributed by atoms with Crippen molar-refractivity contribution < 1.29 is 22.3 Å². The van der Waals surface area contributed by atoms with Crippen molar-refractivity contribution in [2.75, 3.05) is 13.2 Å². The van der Waals surface area contributed by atoms with Gasteiger partial charge in [-0.3, -0.25) is 0 Å². The number of carbonyl (C=O) groups is 1. The maximum atomic E-state index is 14.0. The number of urea groups is 1. The van der Waals surface area contributed by atoms with Gasteiger partial charge in [-0.15, -0.1) is 0 Å². The molecular weight excluding hydrogens is 445 g/mol. The summed E-state index contributed by atoms with van der Waals surface area (Å²) in [5, 5.41) is 2.66. The van der Waals surface area contributed by atoms with Crippen LogP contribution in [0.5, 0.6) is 5.75 Å². The van der Waals surface area contributed by atoms with Gasteiger partial charge < -0.3 is 15.0 Å². The molecule has 33 heavy (non-hydrogen) atoms. The highest BCUT2D eigenvalue weighted by Crippen LogP contribution is 2.31. The molecule has 2 aliphatic rings. The van der Waals surface area contributed by atoms with Gasteiger partial charge >= 0.3 is 6.03 Å². The number of hydrogen-bond donors (Lipinski definition) is 2. The molecule has 2 aromatic rings. The van der Waals surface area contributed by atoms with Crippen molar-refractivity contribution in [1.29, 1.82) is 0 Å². The lowest BCUT2D eigenvalue weighted by Crippen LogP contribution is -2.28. The molecule has 2 amide bonds. The summed E-state index contributed by atoms with van der Waals surface area (Å²) in [6.45, 7) is 6.82. The van der Waals surface area contributed by atoms with Gasteiger partial charge in [-0.2, -0.15) is 0 Å². The van der Waals surface area contributed by atoms with Crippen LogP contribution in [0, 0.1) is 11.7 Å². The van der Waals surface area contributed by atoms with Crippen molar-refractivity contribution in [3.05, 3.63) is 77.2 Å². The number of nitrogens with one attached hydrogen (secondary N) is 2. The van der Waals surface area contributed by atoms with E-state index in [4.69, 9.17) is 4.74 Å². The fraction of sp³-hybridized carbons (Fsp3) is 0.375. The molecule has 1 aliphatic carbocycles. The topological polar surface area (TPSA) is 87.7 Å². The lowest BCUT2D eigenvalue weighted by atomic mass is 10.1. The van der Waals surface area contributed by atoms with Crippen molar-refractivity contribution in [2.24, 2.45) is 5.92 Å². The Hall–Kier alpha value is -2.91. The summed E-state index contributed by atoms with van der Waals surface area (Å²) in [5.74, 6) is -0.00545. The van der Waals surface area contributed by atoms with Crippen LogP contribution >= 0.6 is 0 Å². The first-order chi connectivity index (χ1) is 15.7. The number of benzene rings is 2. The van der Waals surface area contributed by atoms with Crippen LogP contribution in [0.15, 0.2) is 54.7 Å². The number of amides is 2. The molecule has 4 rings (SSSR count). The molecule has 2 N–H and O–H groups in total. The van der Waals surface area contributed by atoms with E-state index in [0.717, 1.165) is 18.4 Å². The lowest BCUT2D eigenvalue weighted by Gasteiger charge is -2.17. The number of rotatable bonds is 10. The van der Waals surface area contributed by atoms with E-state index in [9.17, 15) is 17.6 Å². The SMILES string of the molecule is C=C1CN(Cc2ccc(CS(=O)(=O)N[C@H](C)c3ccc(F)c(OCC4CC4)c3)cc2)C(=O)N1. The van der Waals surface area contributed by atoms with Crippen molar-refractivity contribution >= 4 is 16.1 Å². The summed E-state index contributed by atoms with van der Waals surface area (Å²) in [6.07, 6.45) is 2.20. The quantitative estimate of drug-likeness (QED) is 0.549. The maximum absolute atomic E-state index is 14.0.